The molecule has 23 heavy (non-hydrogen) atoms. The van der Waals surface area contributed by atoms with E-state index in [2.05, 4.69) is 11.9 Å². The van der Waals surface area contributed by atoms with Crippen LogP contribution in [0.3, 0.4) is 0 Å². The second kappa shape index (κ2) is 7.38. The number of amides is 1. The zero-order valence-corrected chi connectivity index (χ0v) is 14.4. The van der Waals surface area contributed by atoms with E-state index in [0.29, 0.717) is 24.7 Å². The van der Waals surface area contributed by atoms with Crippen LogP contribution in [0, 0.1) is 11.7 Å². The Labute approximate surface area is 144 Å². The van der Waals surface area contributed by atoms with Crippen molar-refractivity contribution in [2.75, 3.05) is 6.54 Å². The van der Waals surface area contributed by atoms with E-state index >= 15 is 0 Å². The van der Waals surface area contributed by atoms with Gasteiger partial charge in [0.2, 0.25) is 0 Å². The van der Waals surface area contributed by atoms with Gasteiger partial charge in [-0.1, -0.05) is 19.1 Å². The lowest BCUT2D eigenvalue weighted by Crippen LogP contribution is -2.31. The van der Waals surface area contributed by atoms with Crippen molar-refractivity contribution in [2.45, 2.75) is 25.9 Å². The number of thiazole rings is 1. The van der Waals surface area contributed by atoms with Crippen molar-refractivity contribution in [3.8, 4) is 0 Å². The fraction of sp³-hybridized carbons (Fsp3) is 0.375. The van der Waals surface area contributed by atoms with Gasteiger partial charge < -0.3 is 10.6 Å². The molecule has 0 radical (unpaired) electrons. The summed E-state index contributed by atoms with van der Waals surface area (Å²) in [7, 11) is 0. The molecule has 7 heteroatoms. The van der Waals surface area contributed by atoms with Crippen molar-refractivity contribution < 1.29 is 9.18 Å². The maximum Gasteiger partial charge on any atom is 0.273 e. The number of rotatable bonds is 3. The molecule has 0 saturated carbocycles. The van der Waals surface area contributed by atoms with Crippen LogP contribution in [0.2, 0.25) is 0 Å². The number of benzene rings is 1. The molecule has 3 rings (SSSR count). The number of nitrogens with two attached hydrogens (primary N) is 1. The second-order valence-corrected chi connectivity index (χ2v) is 6.64. The Kier molecular flexibility index (Phi) is 5.73. The molecular weight excluding hydrogens is 337 g/mol. The summed E-state index contributed by atoms with van der Waals surface area (Å²) < 4.78 is 13.5. The standard InChI is InChI=1S/C16H18FN3OS.ClH/c1-10-5-14(11-3-2-4-12(17)6-11)20(8-10)16(21)13-9-22-15(7-18)19-13;/h2-4,6,9-10,14H,5,7-8,18H2,1H3;1H. The number of carbonyl (C=O) groups excluding carboxylic acids is 1. The number of aromatic nitrogens is 1. The molecule has 4 nitrogen and oxygen atoms in total. The fourth-order valence-electron chi connectivity index (χ4n) is 2.95. The minimum absolute atomic E-state index is 0. The van der Waals surface area contributed by atoms with Crippen molar-refractivity contribution in [2.24, 2.45) is 11.7 Å². The molecule has 2 heterocycles. The van der Waals surface area contributed by atoms with Crippen LogP contribution in [0.25, 0.3) is 0 Å². The van der Waals surface area contributed by atoms with Crippen molar-refractivity contribution in [1.82, 2.24) is 9.88 Å². The van der Waals surface area contributed by atoms with Gasteiger partial charge in [0.05, 0.1) is 6.04 Å². The van der Waals surface area contributed by atoms with Crippen LogP contribution in [0.15, 0.2) is 29.6 Å². The molecule has 1 aromatic heterocycles. The summed E-state index contributed by atoms with van der Waals surface area (Å²) >= 11 is 1.39. The molecule has 124 valence electrons. The van der Waals surface area contributed by atoms with E-state index in [-0.39, 0.29) is 30.2 Å². The lowest BCUT2D eigenvalue weighted by molar-refractivity contribution is 0.0726. The first-order valence-corrected chi connectivity index (χ1v) is 8.17. The van der Waals surface area contributed by atoms with Gasteiger partial charge in [0.25, 0.3) is 5.91 Å². The highest BCUT2D eigenvalue weighted by Gasteiger charge is 2.35. The Balaban J connectivity index is 0.00000192. The third-order valence-corrected chi connectivity index (χ3v) is 4.82. The molecule has 2 atom stereocenters. The first kappa shape index (κ1) is 17.8. The van der Waals surface area contributed by atoms with Crippen LogP contribution in [-0.4, -0.2) is 22.3 Å². The molecule has 1 amide bonds. The van der Waals surface area contributed by atoms with Gasteiger partial charge in [0, 0.05) is 18.5 Å². The van der Waals surface area contributed by atoms with Crippen LogP contribution < -0.4 is 5.73 Å². The Morgan fingerprint density at radius 1 is 1.52 bits per heavy atom. The van der Waals surface area contributed by atoms with Gasteiger partial charge in [0.1, 0.15) is 16.5 Å². The van der Waals surface area contributed by atoms with Gasteiger partial charge in [-0.15, -0.1) is 23.7 Å². The van der Waals surface area contributed by atoms with E-state index in [9.17, 15) is 9.18 Å². The molecule has 1 fully saturated rings. The second-order valence-electron chi connectivity index (χ2n) is 5.70. The molecule has 2 aromatic rings. The molecule has 2 N–H and O–H groups in total. The molecule has 1 aromatic carbocycles. The summed E-state index contributed by atoms with van der Waals surface area (Å²) in [5.41, 5.74) is 6.83. The summed E-state index contributed by atoms with van der Waals surface area (Å²) in [5.74, 6) is 0.00271. The zero-order valence-electron chi connectivity index (χ0n) is 12.7. The molecule has 1 aliphatic heterocycles. The largest absolute Gasteiger partial charge is 0.330 e. The highest BCUT2D eigenvalue weighted by Crippen LogP contribution is 2.36. The zero-order chi connectivity index (χ0) is 15.7. The quantitative estimate of drug-likeness (QED) is 0.918. The predicted octanol–water partition coefficient (Wildman–Crippen LogP) is 3.39. The summed E-state index contributed by atoms with van der Waals surface area (Å²) in [6.45, 7) is 3.10. The molecule has 1 saturated heterocycles. The molecule has 1 aliphatic rings. The fourth-order valence-corrected chi connectivity index (χ4v) is 3.60. The monoisotopic (exact) mass is 355 g/mol. The maximum atomic E-state index is 13.5. The molecule has 0 aliphatic carbocycles. The molecule has 2 unspecified atom stereocenters. The van der Waals surface area contributed by atoms with Crippen molar-refractivity contribution in [3.63, 3.8) is 0 Å². The first-order chi connectivity index (χ1) is 10.6. The van der Waals surface area contributed by atoms with Crippen molar-refractivity contribution >= 4 is 29.7 Å². The molecular formula is C16H19ClFN3OS. The van der Waals surface area contributed by atoms with Gasteiger partial charge >= 0.3 is 0 Å². The average Bonchev–Trinajstić information content (AvgIpc) is 3.13. The smallest absolute Gasteiger partial charge is 0.273 e. The highest BCUT2D eigenvalue weighted by atomic mass is 35.5. The Morgan fingerprint density at radius 2 is 2.30 bits per heavy atom. The molecule has 0 spiro atoms. The predicted molar refractivity (Wildman–Crippen MR) is 91.2 cm³/mol. The number of hydrogen-bond donors (Lipinski definition) is 1. The van der Waals surface area contributed by atoms with Gasteiger partial charge in [-0.2, -0.15) is 0 Å². The normalized spacial score (nSPS) is 20.4. The van der Waals surface area contributed by atoms with E-state index in [1.54, 1.807) is 16.3 Å². The van der Waals surface area contributed by atoms with E-state index in [4.69, 9.17) is 5.73 Å². The van der Waals surface area contributed by atoms with E-state index < -0.39 is 0 Å². The summed E-state index contributed by atoms with van der Waals surface area (Å²) in [5, 5.41) is 2.49. The van der Waals surface area contributed by atoms with Crippen molar-refractivity contribution in [3.05, 3.63) is 51.7 Å². The van der Waals surface area contributed by atoms with E-state index in [1.165, 1.54) is 23.5 Å². The average molecular weight is 356 g/mol. The summed E-state index contributed by atoms with van der Waals surface area (Å²) in [4.78, 5) is 18.8. The highest BCUT2D eigenvalue weighted by molar-refractivity contribution is 7.09. The van der Waals surface area contributed by atoms with Crippen LogP contribution in [0.4, 0.5) is 4.39 Å². The maximum absolute atomic E-state index is 13.5. The van der Waals surface area contributed by atoms with E-state index in [0.717, 1.165) is 17.0 Å². The first-order valence-electron chi connectivity index (χ1n) is 7.29. The molecule has 0 bridgehead atoms. The topological polar surface area (TPSA) is 59.2 Å². The van der Waals surface area contributed by atoms with Gasteiger partial charge in [0.15, 0.2) is 0 Å². The number of nitrogens with zero attached hydrogens (tertiary/aromatic N) is 2. The van der Waals surface area contributed by atoms with Gasteiger partial charge in [-0.3, -0.25) is 4.79 Å². The number of carbonyl (C=O) groups is 1. The van der Waals surface area contributed by atoms with Crippen LogP contribution in [-0.2, 0) is 6.54 Å². The third-order valence-electron chi connectivity index (χ3n) is 3.95. The Bertz CT molecular complexity index is 693. The SMILES string of the molecule is CC1CC(c2cccc(F)c2)N(C(=O)c2csc(CN)n2)C1.Cl. The van der Waals surface area contributed by atoms with Crippen LogP contribution >= 0.6 is 23.7 Å². The number of hydrogen-bond acceptors (Lipinski definition) is 4. The lowest BCUT2D eigenvalue weighted by Gasteiger charge is -2.24. The lowest BCUT2D eigenvalue weighted by atomic mass is 10.0. The van der Waals surface area contributed by atoms with Gasteiger partial charge in [-0.25, -0.2) is 9.37 Å². The minimum atomic E-state index is -0.275. The summed E-state index contributed by atoms with van der Waals surface area (Å²) in [6.07, 6.45) is 0.836. The number of likely N-dealkylation sites (tertiary alicyclic amines) is 1. The minimum Gasteiger partial charge on any atom is -0.330 e. The third kappa shape index (κ3) is 3.71. The summed E-state index contributed by atoms with van der Waals surface area (Å²) in [6, 6.07) is 6.39. The van der Waals surface area contributed by atoms with Crippen LogP contribution in [0.5, 0.6) is 0 Å². The van der Waals surface area contributed by atoms with E-state index in [1.807, 2.05) is 6.07 Å². The Hall–Kier alpha value is -1.50. The van der Waals surface area contributed by atoms with Crippen molar-refractivity contribution in [1.29, 1.82) is 0 Å². The van der Waals surface area contributed by atoms with Gasteiger partial charge in [-0.05, 0) is 30.0 Å². The number of halogens is 2. The Morgan fingerprint density at radius 3 is 2.96 bits per heavy atom. The van der Waals surface area contributed by atoms with Crippen LogP contribution in [0.1, 0.15) is 40.4 Å².